The summed E-state index contributed by atoms with van der Waals surface area (Å²) >= 11 is 0. The monoisotopic (exact) mass is 568 g/mol. The molecule has 0 heterocycles. The van der Waals surface area contributed by atoms with Gasteiger partial charge in [-0.05, 0) is 42.4 Å². The summed E-state index contributed by atoms with van der Waals surface area (Å²) in [5.41, 5.74) is 2.69. The highest BCUT2D eigenvalue weighted by Gasteiger charge is 2.30. The number of ether oxygens (including phenoxy) is 1. The summed E-state index contributed by atoms with van der Waals surface area (Å²) in [5, 5.41) is 15.6. The van der Waals surface area contributed by atoms with Gasteiger partial charge in [-0.1, -0.05) is 103 Å². The summed E-state index contributed by atoms with van der Waals surface area (Å²) < 4.78 is 5.75. The lowest BCUT2D eigenvalue weighted by atomic mass is 9.96. The van der Waals surface area contributed by atoms with Crippen molar-refractivity contribution in [2.24, 2.45) is 11.8 Å². The van der Waals surface area contributed by atoms with Gasteiger partial charge in [0, 0.05) is 0 Å². The Labute approximate surface area is 248 Å². The van der Waals surface area contributed by atoms with Gasteiger partial charge in [-0.15, -0.1) is 13.2 Å². The molecule has 4 atom stereocenters. The van der Waals surface area contributed by atoms with E-state index in [2.05, 4.69) is 23.8 Å². The lowest BCUT2D eigenvalue weighted by Crippen LogP contribution is -2.48. The van der Waals surface area contributed by atoms with Crippen LogP contribution < -0.4 is 10.6 Å². The number of hydrogen-bond donors (Lipinski definition) is 3. The number of benzene rings is 3. The van der Waals surface area contributed by atoms with Crippen LogP contribution in [0.15, 0.2) is 116 Å². The third kappa shape index (κ3) is 10.2. The molecule has 220 valence electrons. The molecule has 3 N–H and O–H groups in total. The van der Waals surface area contributed by atoms with Gasteiger partial charge in [0.15, 0.2) is 0 Å². The lowest BCUT2D eigenvalue weighted by Gasteiger charge is -2.24. The van der Waals surface area contributed by atoms with Gasteiger partial charge in [-0.2, -0.15) is 0 Å². The third-order valence-corrected chi connectivity index (χ3v) is 6.94. The normalized spacial score (nSPS) is 13.5. The zero-order valence-electron chi connectivity index (χ0n) is 23.9. The predicted molar refractivity (Wildman–Crippen MR) is 164 cm³/mol. The average molecular weight is 569 g/mol. The molecule has 2 amide bonds. The Hall–Kier alpha value is -4.49. The van der Waals surface area contributed by atoms with Crippen LogP contribution in [0.2, 0.25) is 0 Å². The van der Waals surface area contributed by atoms with Crippen molar-refractivity contribution in [3.05, 3.63) is 133 Å². The van der Waals surface area contributed by atoms with Crippen molar-refractivity contribution in [2.45, 2.75) is 37.8 Å². The molecule has 0 aliphatic carbocycles. The van der Waals surface area contributed by atoms with Gasteiger partial charge >= 0.3 is 5.97 Å². The van der Waals surface area contributed by atoms with E-state index < -0.39 is 35.7 Å². The fourth-order valence-electron chi connectivity index (χ4n) is 4.71. The molecule has 0 fully saturated rings. The van der Waals surface area contributed by atoms with Gasteiger partial charge in [-0.3, -0.25) is 14.4 Å². The van der Waals surface area contributed by atoms with Crippen LogP contribution in [0.3, 0.4) is 0 Å². The van der Waals surface area contributed by atoms with Crippen LogP contribution in [0.25, 0.3) is 0 Å². The van der Waals surface area contributed by atoms with Gasteiger partial charge < -0.3 is 20.5 Å². The number of rotatable bonds is 17. The first-order valence-electron chi connectivity index (χ1n) is 14.2. The maximum absolute atomic E-state index is 13.5. The minimum Gasteiger partial charge on any atom is -0.463 e. The van der Waals surface area contributed by atoms with Crippen LogP contribution in [-0.2, 0) is 32.0 Å². The van der Waals surface area contributed by atoms with Crippen LogP contribution in [0.5, 0.6) is 0 Å². The predicted octanol–water partition coefficient (Wildman–Crippen LogP) is 4.73. The molecule has 0 aromatic heterocycles. The second kappa shape index (κ2) is 17.4. The molecule has 7 nitrogen and oxygen atoms in total. The Morgan fingerprint density at radius 2 is 1.26 bits per heavy atom. The quantitative estimate of drug-likeness (QED) is 0.124. The molecule has 7 heteroatoms. The fourth-order valence-corrected chi connectivity index (χ4v) is 4.71. The number of amides is 2. The first kappa shape index (κ1) is 32.0. The van der Waals surface area contributed by atoms with E-state index in [0.29, 0.717) is 19.3 Å². The van der Waals surface area contributed by atoms with Gasteiger partial charge in [0.1, 0.15) is 12.5 Å². The number of allylic oxidation sites excluding steroid dienone is 2. The molecule has 0 aliphatic rings. The summed E-state index contributed by atoms with van der Waals surface area (Å²) in [6, 6.07) is 27.1. The minimum atomic E-state index is -1.08. The molecule has 0 aliphatic heterocycles. The Balaban J connectivity index is 1.72. The van der Waals surface area contributed by atoms with E-state index in [-0.39, 0.29) is 25.6 Å². The largest absolute Gasteiger partial charge is 0.463 e. The van der Waals surface area contributed by atoms with E-state index >= 15 is 0 Å². The lowest BCUT2D eigenvalue weighted by molar-refractivity contribution is -0.150. The molecule has 1 unspecified atom stereocenters. The van der Waals surface area contributed by atoms with Crippen LogP contribution >= 0.6 is 0 Å². The average Bonchev–Trinajstić information content (AvgIpc) is 3.02. The first-order valence-corrected chi connectivity index (χ1v) is 14.2. The van der Waals surface area contributed by atoms with Gasteiger partial charge in [-0.25, -0.2) is 0 Å². The van der Waals surface area contributed by atoms with Gasteiger partial charge in [0.2, 0.25) is 11.8 Å². The first-order chi connectivity index (χ1) is 20.4. The zero-order valence-corrected chi connectivity index (χ0v) is 23.9. The summed E-state index contributed by atoms with van der Waals surface area (Å²) in [5.74, 6) is -2.91. The Bertz CT molecular complexity index is 1280. The Morgan fingerprint density at radius 3 is 1.81 bits per heavy atom. The highest BCUT2D eigenvalue weighted by Crippen LogP contribution is 2.17. The van der Waals surface area contributed by atoms with E-state index in [1.54, 1.807) is 18.2 Å². The number of carbonyl (C=O) groups excluding carboxylic acids is 3. The van der Waals surface area contributed by atoms with Crippen LogP contribution in [0.4, 0.5) is 0 Å². The summed E-state index contributed by atoms with van der Waals surface area (Å²) in [6.07, 6.45) is 4.67. The van der Waals surface area contributed by atoms with E-state index in [1.165, 1.54) is 6.08 Å². The molecular formula is C35H40N2O5. The zero-order chi connectivity index (χ0) is 30.2. The van der Waals surface area contributed by atoms with Crippen molar-refractivity contribution >= 4 is 17.8 Å². The maximum atomic E-state index is 13.5. The van der Waals surface area contributed by atoms with Crippen molar-refractivity contribution in [2.75, 3.05) is 13.2 Å². The molecule has 3 aromatic rings. The Morgan fingerprint density at radius 1 is 0.738 bits per heavy atom. The maximum Gasteiger partial charge on any atom is 0.309 e. The number of hydrogen-bond acceptors (Lipinski definition) is 5. The van der Waals surface area contributed by atoms with E-state index in [9.17, 15) is 19.5 Å². The smallest absolute Gasteiger partial charge is 0.309 e. The molecular weight excluding hydrogens is 528 g/mol. The van der Waals surface area contributed by atoms with Crippen molar-refractivity contribution < 1.29 is 24.2 Å². The van der Waals surface area contributed by atoms with Crippen molar-refractivity contribution in [3.8, 4) is 0 Å². The van der Waals surface area contributed by atoms with Crippen LogP contribution in [0, 0.1) is 11.8 Å². The molecule has 3 aromatic carbocycles. The second-order valence-corrected chi connectivity index (χ2v) is 10.2. The fraction of sp³-hybridized carbons (Fsp3) is 0.286. The number of aliphatic hydroxyl groups is 1. The van der Waals surface area contributed by atoms with E-state index in [0.717, 1.165) is 16.7 Å². The van der Waals surface area contributed by atoms with Crippen molar-refractivity contribution in [3.63, 3.8) is 0 Å². The molecule has 42 heavy (non-hydrogen) atoms. The molecule has 0 saturated heterocycles. The van der Waals surface area contributed by atoms with E-state index in [4.69, 9.17) is 4.74 Å². The Kier molecular flexibility index (Phi) is 13.2. The molecule has 0 saturated carbocycles. The van der Waals surface area contributed by atoms with Crippen molar-refractivity contribution in [1.29, 1.82) is 0 Å². The third-order valence-electron chi connectivity index (χ3n) is 6.94. The number of esters is 1. The highest BCUT2D eigenvalue weighted by atomic mass is 16.5. The molecule has 0 bridgehead atoms. The standard InChI is InChI=1S/C35H40N2O5/c1-3-14-29(22-26-16-8-5-9-17-26)35(41)42-25-30(23-27-18-10-6-11-19-27)36-33(39)31(15-4-2)34(40)37-32(24-38)28-20-12-7-13-21-28/h3-13,16-21,29-32,38H,1-2,14-15,22-25H2,(H,36,39)(H,37,40)/t29-,30-,31?,32-/m0/s1. The molecule has 0 spiro atoms. The summed E-state index contributed by atoms with van der Waals surface area (Å²) in [7, 11) is 0. The van der Waals surface area contributed by atoms with Crippen LogP contribution in [-0.4, -0.2) is 42.1 Å². The number of nitrogens with one attached hydrogen (secondary N) is 2. The summed E-state index contributed by atoms with van der Waals surface area (Å²) in [6.45, 7) is 7.12. The number of carbonyl (C=O) groups is 3. The topological polar surface area (TPSA) is 105 Å². The second-order valence-electron chi connectivity index (χ2n) is 10.2. The molecule has 0 radical (unpaired) electrons. The minimum absolute atomic E-state index is 0.0619. The van der Waals surface area contributed by atoms with Gasteiger partial charge in [0.25, 0.3) is 0 Å². The highest BCUT2D eigenvalue weighted by molar-refractivity contribution is 6.00. The SMILES string of the molecule is C=CCC(C(=O)N[C@H](COC(=O)[C@@H](CC=C)Cc1ccccc1)Cc1ccccc1)C(=O)N[C@@H](CO)c1ccccc1. The van der Waals surface area contributed by atoms with Gasteiger partial charge in [0.05, 0.1) is 24.6 Å². The van der Waals surface area contributed by atoms with Crippen molar-refractivity contribution in [1.82, 2.24) is 10.6 Å². The number of aliphatic hydroxyl groups excluding tert-OH is 1. The van der Waals surface area contributed by atoms with Crippen LogP contribution in [0.1, 0.15) is 35.6 Å². The summed E-state index contributed by atoms with van der Waals surface area (Å²) in [4.78, 5) is 39.8. The van der Waals surface area contributed by atoms with E-state index in [1.807, 2.05) is 78.9 Å². The molecule has 3 rings (SSSR count).